The second kappa shape index (κ2) is 8.32. The summed E-state index contributed by atoms with van der Waals surface area (Å²) in [5, 5.41) is 0. The Morgan fingerprint density at radius 2 is 2.05 bits per heavy atom. The first-order valence-electron chi connectivity index (χ1n) is 6.88. The predicted octanol–water partition coefficient (Wildman–Crippen LogP) is 2.04. The first-order valence-corrected chi connectivity index (χ1v) is 9.52. The number of hydrogen-bond acceptors (Lipinski definition) is 4. The summed E-state index contributed by atoms with van der Waals surface area (Å²) < 4.78 is 27.5. The molecule has 0 saturated heterocycles. The molecule has 0 unspecified atom stereocenters. The second-order valence-corrected chi connectivity index (χ2v) is 7.36. The van der Waals surface area contributed by atoms with Crippen molar-refractivity contribution in [3.05, 3.63) is 23.3 Å². The number of nitrogen functional groups attached to an aromatic ring is 1. The van der Waals surface area contributed by atoms with Crippen LogP contribution in [0.1, 0.15) is 25.0 Å². The average molecular weight is 326 g/mol. The standard InChI is InChI=1S/C15H22N2O2S2/c1-4-8-20-9-7-17-21(18,19)15-11-12(5-2)10-14(16)13(15)6-3/h1,10-11,17H,5-9,16H2,2-3H3. The molecule has 0 saturated carbocycles. The van der Waals surface area contributed by atoms with E-state index in [2.05, 4.69) is 10.6 Å². The van der Waals surface area contributed by atoms with Crippen LogP contribution in [0.3, 0.4) is 0 Å². The number of nitrogens with two attached hydrogens (primary N) is 1. The molecule has 0 aromatic heterocycles. The number of hydrogen-bond donors (Lipinski definition) is 2. The zero-order valence-electron chi connectivity index (χ0n) is 12.5. The monoisotopic (exact) mass is 326 g/mol. The Kier molecular flexibility index (Phi) is 7.09. The molecule has 21 heavy (non-hydrogen) atoms. The normalized spacial score (nSPS) is 11.3. The van der Waals surface area contributed by atoms with E-state index in [9.17, 15) is 8.42 Å². The minimum Gasteiger partial charge on any atom is -0.398 e. The Morgan fingerprint density at radius 3 is 2.62 bits per heavy atom. The van der Waals surface area contributed by atoms with Gasteiger partial charge in [0.1, 0.15) is 0 Å². The summed E-state index contributed by atoms with van der Waals surface area (Å²) in [4.78, 5) is 0.295. The molecule has 1 rings (SSSR count). The molecule has 4 nitrogen and oxygen atoms in total. The lowest BCUT2D eigenvalue weighted by Crippen LogP contribution is -2.27. The molecule has 3 N–H and O–H groups in total. The van der Waals surface area contributed by atoms with E-state index in [4.69, 9.17) is 12.2 Å². The molecule has 0 atom stereocenters. The second-order valence-electron chi connectivity index (χ2n) is 4.52. The molecule has 0 fully saturated rings. The smallest absolute Gasteiger partial charge is 0.240 e. The first kappa shape index (κ1) is 17.9. The number of benzene rings is 1. The van der Waals surface area contributed by atoms with Crippen LogP contribution in [0.4, 0.5) is 5.69 Å². The summed E-state index contributed by atoms with van der Waals surface area (Å²) in [6.45, 7) is 4.23. The highest BCUT2D eigenvalue weighted by molar-refractivity contribution is 7.99. The van der Waals surface area contributed by atoms with Crippen LogP contribution in [0.15, 0.2) is 17.0 Å². The quantitative estimate of drug-likeness (QED) is 0.436. The van der Waals surface area contributed by atoms with E-state index in [-0.39, 0.29) is 0 Å². The first-order chi connectivity index (χ1) is 9.96. The highest BCUT2D eigenvalue weighted by Gasteiger charge is 2.20. The summed E-state index contributed by atoms with van der Waals surface area (Å²) in [7, 11) is -3.54. The van der Waals surface area contributed by atoms with Crippen LogP contribution in [0.2, 0.25) is 0 Å². The molecule has 0 heterocycles. The molecule has 0 amide bonds. The van der Waals surface area contributed by atoms with Gasteiger partial charge in [-0.3, -0.25) is 0 Å². The molecule has 0 aliphatic heterocycles. The predicted molar refractivity (Wildman–Crippen MR) is 91.0 cm³/mol. The third-order valence-electron chi connectivity index (χ3n) is 3.08. The van der Waals surface area contributed by atoms with Gasteiger partial charge in [0.2, 0.25) is 10.0 Å². The van der Waals surface area contributed by atoms with E-state index in [1.54, 1.807) is 6.07 Å². The Balaban J connectivity index is 2.96. The van der Waals surface area contributed by atoms with Crippen molar-refractivity contribution in [2.75, 3.05) is 23.8 Å². The number of terminal acetylenes is 1. The molecule has 1 aromatic carbocycles. The van der Waals surface area contributed by atoms with Crippen LogP contribution in [-0.4, -0.2) is 26.5 Å². The zero-order chi connectivity index (χ0) is 15.9. The van der Waals surface area contributed by atoms with Gasteiger partial charge in [0, 0.05) is 18.0 Å². The van der Waals surface area contributed by atoms with Crippen LogP contribution >= 0.6 is 11.8 Å². The summed E-state index contributed by atoms with van der Waals surface area (Å²) in [6.07, 6.45) is 6.48. The van der Waals surface area contributed by atoms with Crippen LogP contribution in [0.25, 0.3) is 0 Å². The van der Waals surface area contributed by atoms with Crippen molar-refractivity contribution >= 4 is 27.5 Å². The summed E-state index contributed by atoms with van der Waals surface area (Å²) in [6, 6.07) is 3.56. The maximum absolute atomic E-state index is 12.4. The van der Waals surface area contributed by atoms with Gasteiger partial charge in [0.05, 0.1) is 10.6 Å². The van der Waals surface area contributed by atoms with E-state index >= 15 is 0 Å². The van der Waals surface area contributed by atoms with Crippen molar-refractivity contribution in [2.24, 2.45) is 0 Å². The van der Waals surface area contributed by atoms with Gasteiger partial charge < -0.3 is 5.73 Å². The summed E-state index contributed by atoms with van der Waals surface area (Å²) in [5.41, 5.74) is 8.12. The van der Waals surface area contributed by atoms with Gasteiger partial charge in [-0.15, -0.1) is 18.2 Å². The molecule has 0 bridgehead atoms. The molecule has 0 radical (unpaired) electrons. The minimum absolute atomic E-state index is 0.295. The van der Waals surface area contributed by atoms with Crippen molar-refractivity contribution in [2.45, 2.75) is 31.6 Å². The molecule has 116 valence electrons. The van der Waals surface area contributed by atoms with Crippen molar-refractivity contribution in [3.8, 4) is 12.3 Å². The Hall–Kier alpha value is -1.16. The topological polar surface area (TPSA) is 72.2 Å². The lowest BCUT2D eigenvalue weighted by molar-refractivity contribution is 0.583. The molecule has 1 aromatic rings. The number of aryl methyl sites for hydroxylation is 1. The SMILES string of the molecule is C#CCSCCNS(=O)(=O)c1cc(CC)cc(N)c1CC. The zero-order valence-corrected chi connectivity index (χ0v) is 14.1. The van der Waals surface area contributed by atoms with Gasteiger partial charge in [-0.25, -0.2) is 13.1 Å². The lowest BCUT2D eigenvalue weighted by Gasteiger charge is -2.14. The van der Waals surface area contributed by atoms with Crippen molar-refractivity contribution in [1.29, 1.82) is 0 Å². The Labute approximate surface area is 131 Å². The number of rotatable bonds is 8. The minimum atomic E-state index is -3.54. The maximum atomic E-state index is 12.4. The van der Waals surface area contributed by atoms with Crippen LogP contribution < -0.4 is 10.5 Å². The van der Waals surface area contributed by atoms with Gasteiger partial charge >= 0.3 is 0 Å². The van der Waals surface area contributed by atoms with Crippen molar-refractivity contribution < 1.29 is 8.42 Å². The molecule has 0 spiro atoms. The Morgan fingerprint density at radius 1 is 1.33 bits per heavy atom. The molecule has 0 aliphatic rings. The third kappa shape index (κ3) is 4.95. The molecular formula is C15H22N2O2S2. The van der Waals surface area contributed by atoms with Gasteiger partial charge in [-0.05, 0) is 36.1 Å². The van der Waals surface area contributed by atoms with Gasteiger partial charge in [0.15, 0.2) is 0 Å². The van der Waals surface area contributed by atoms with Crippen molar-refractivity contribution in [1.82, 2.24) is 4.72 Å². The van der Waals surface area contributed by atoms with Crippen LogP contribution in [0, 0.1) is 12.3 Å². The van der Waals surface area contributed by atoms with E-state index in [1.165, 1.54) is 11.8 Å². The summed E-state index contributed by atoms with van der Waals surface area (Å²) >= 11 is 1.52. The van der Waals surface area contributed by atoms with E-state index in [1.807, 2.05) is 19.9 Å². The van der Waals surface area contributed by atoms with Gasteiger partial charge in [-0.2, -0.15) is 0 Å². The fourth-order valence-corrected chi connectivity index (χ4v) is 4.06. The summed E-state index contributed by atoms with van der Waals surface area (Å²) in [5.74, 6) is 3.74. The fraction of sp³-hybridized carbons (Fsp3) is 0.467. The van der Waals surface area contributed by atoms with Gasteiger partial charge in [0.25, 0.3) is 0 Å². The molecule has 0 aliphatic carbocycles. The lowest BCUT2D eigenvalue weighted by atomic mass is 10.1. The van der Waals surface area contributed by atoms with E-state index in [0.29, 0.717) is 40.6 Å². The van der Waals surface area contributed by atoms with Gasteiger partial charge in [-0.1, -0.05) is 19.8 Å². The molecule has 6 heteroatoms. The van der Waals surface area contributed by atoms with Crippen LogP contribution in [-0.2, 0) is 22.9 Å². The number of thioether (sulfide) groups is 1. The third-order valence-corrected chi connectivity index (χ3v) is 5.47. The number of anilines is 1. The molecular weight excluding hydrogens is 304 g/mol. The number of sulfonamides is 1. The fourth-order valence-electron chi connectivity index (χ4n) is 2.01. The Bertz CT molecular complexity index is 619. The highest BCUT2D eigenvalue weighted by Crippen LogP contribution is 2.25. The maximum Gasteiger partial charge on any atom is 0.240 e. The van der Waals surface area contributed by atoms with E-state index in [0.717, 1.165) is 12.0 Å². The number of nitrogens with one attached hydrogen (secondary N) is 1. The van der Waals surface area contributed by atoms with E-state index < -0.39 is 10.0 Å². The highest BCUT2D eigenvalue weighted by atomic mass is 32.2. The van der Waals surface area contributed by atoms with Crippen LogP contribution in [0.5, 0.6) is 0 Å². The average Bonchev–Trinajstić information content (AvgIpc) is 2.46. The van der Waals surface area contributed by atoms with Crippen molar-refractivity contribution in [3.63, 3.8) is 0 Å². The largest absolute Gasteiger partial charge is 0.398 e.